The van der Waals surface area contributed by atoms with Gasteiger partial charge in [-0.25, -0.2) is 0 Å². The number of hydrogen-bond acceptors (Lipinski definition) is 6. The standard InChI is InChI=1S/C78H102N2O6/c1-75(2,3)61-43-53-39-57-47-63(77(7,8)9)49-59(73(57)83)41-55-45-62(76(4,5)6)46-56(70(55)26-20-36-86-68-33-29-52(30-34-68)38-72(82)80-66-23-17-14-18-24-66)42-60-50-64(78(10,11)12)48-58(74(60)84)40-54(44-61)69(53)25-19-35-85-67-31-27-51(28-32-67)37-71(81)79-65-21-15-13-16-22-65/h27-34,43-50,65-66,83-84H,13-26,35-42H2,1-12H3,(H,79,81)(H,80,82). The predicted octanol–water partition coefficient (Wildman–Crippen LogP) is 17.0. The van der Waals surface area contributed by atoms with Crippen molar-refractivity contribution in [3.8, 4) is 23.0 Å². The van der Waals surface area contributed by atoms with E-state index in [1.54, 1.807) is 0 Å². The van der Waals surface area contributed by atoms with Crippen molar-refractivity contribution in [3.05, 3.63) is 186 Å². The second kappa shape index (κ2) is 27.2. The lowest BCUT2D eigenvalue weighted by Gasteiger charge is -2.28. The summed E-state index contributed by atoms with van der Waals surface area (Å²) in [6, 6.07) is 35.1. The van der Waals surface area contributed by atoms with Crippen LogP contribution >= 0.6 is 0 Å². The molecule has 0 unspecified atom stereocenters. The first kappa shape index (κ1) is 63.9. The second-order valence-electron chi connectivity index (χ2n) is 29.9. The highest BCUT2D eigenvalue weighted by atomic mass is 16.5. The molecule has 2 amide bonds. The topological polar surface area (TPSA) is 117 Å². The third-order valence-corrected chi connectivity index (χ3v) is 18.6. The van der Waals surface area contributed by atoms with Crippen molar-refractivity contribution in [2.24, 2.45) is 0 Å². The summed E-state index contributed by atoms with van der Waals surface area (Å²) in [6.07, 6.45) is 17.4. The molecule has 2 fully saturated rings. The number of phenols is 2. The Bertz CT molecular complexity index is 2990. The highest BCUT2D eigenvalue weighted by Crippen LogP contribution is 2.42. The largest absolute Gasteiger partial charge is 0.507 e. The average molecular weight is 1160 g/mol. The third-order valence-electron chi connectivity index (χ3n) is 18.6. The van der Waals surface area contributed by atoms with Crippen LogP contribution in [0.1, 0.15) is 249 Å². The summed E-state index contributed by atoms with van der Waals surface area (Å²) in [6.45, 7) is 28.3. The Kier molecular flexibility index (Phi) is 20.3. The van der Waals surface area contributed by atoms with Crippen molar-refractivity contribution in [1.82, 2.24) is 10.6 Å². The van der Waals surface area contributed by atoms with Crippen LogP contribution in [0.4, 0.5) is 0 Å². The van der Waals surface area contributed by atoms with Gasteiger partial charge >= 0.3 is 0 Å². The molecule has 9 rings (SSSR count). The summed E-state index contributed by atoms with van der Waals surface area (Å²) in [5.74, 6) is 2.43. The maximum absolute atomic E-state index is 12.9. The molecule has 6 aromatic rings. The van der Waals surface area contributed by atoms with Crippen LogP contribution in [0, 0.1) is 0 Å². The second-order valence-corrected chi connectivity index (χ2v) is 29.9. The molecule has 0 aliphatic heterocycles. The molecule has 2 saturated carbocycles. The van der Waals surface area contributed by atoms with E-state index in [0.29, 0.717) is 75.3 Å². The molecule has 460 valence electrons. The summed E-state index contributed by atoms with van der Waals surface area (Å²) >= 11 is 0. The predicted molar refractivity (Wildman–Crippen MR) is 353 cm³/mol. The molecule has 8 nitrogen and oxygen atoms in total. The fourth-order valence-electron chi connectivity index (χ4n) is 13.2. The Morgan fingerprint density at radius 3 is 0.942 bits per heavy atom. The molecule has 8 heteroatoms. The number of aromatic hydroxyl groups is 2. The number of rotatable bonds is 16. The first-order chi connectivity index (χ1) is 40.7. The van der Waals surface area contributed by atoms with E-state index in [9.17, 15) is 19.8 Å². The first-order valence-electron chi connectivity index (χ1n) is 32.8. The van der Waals surface area contributed by atoms with Gasteiger partial charge in [0.05, 0.1) is 26.1 Å². The van der Waals surface area contributed by atoms with Gasteiger partial charge in [0.2, 0.25) is 11.8 Å². The Hall–Kier alpha value is -6.54. The molecule has 3 aliphatic carbocycles. The minimum Gasteiger partial charge on any atom is -0.507 e. The Labute approximate surface area is 516 Å². The Morgan fingerprint density at radius 2 is 0.674 bits per heavy atom. The van der Waals surface area contributed by atoms with Crippen LogP contribution in [-0.2, 0) is 82.6 Å². The van der Waals surface area contributed by atoms with Gasteiger partial charge in [0.25, 0.3) is 0 Å². The van der Waals surface area contributed by atoms with Gasteiger partial charge in [-0.15, -0.1) is 0 Å². The summed E-state index contributed by atoms with van der Waals surface area (Å²) in [5.41, 5.74) is 16.9. The minimum atomic E-state index is -0.195. The fourth-order valence-corrected chi connectivity index (χ4v) is 13.2. The van der Waals surface area contributed by atoms with Crippen LogP contribution < -0.4 is 20.1 Å². The quantitative estimate of drug-likeness (QED) is 0.0716. The fraction of sp³-hybridized carbons (Fsp3) is 0.513. The molecule has 86 heavy (non-hydrogen) atoms. The molecule has 8 bridgehead atoms. The number of carbonyl (C=O) groups excluding carboxylic acids is 2. The number of phenolic OH excluding ortho intramolecular Hbond substituents is 2. The SMILES string of the molecule is CC(C)(C)c1cc2c(O)c(c1)Cc1cc(C(C)(C)C)cc(c1CCCOc1ccc(CC(=O)NC3CCCCC3)cc1)Cc1cc(C(C)(C)C)cc(c1O)Cc1cc(C(C)(C)C)cc(c1CCCOc1ccc(CC(=O)NC3CCCCC3)cc1)C2. The molecule has 0 aromatic heterocycles. The van der Waals surface area contributed by atoms with Crippen molar-refractivity contribution in [3.63, 3.8) is 0 Å². The zero-order valence-corrected chi connectivity index (χ0v) is 54.5. The third kappa shape index (κ3) is 16.9. The molecule has 0 atom stereocenters. The van der Waals surface area contributed by atoms with E-state index in [4.69, 9.17) is 9.47 Å². The average Bonchev–Trinajstić information content (AvgIpc) is 1.03. The number of hydrogen-bond donors (Lipinski definition) is 4. The lowest BCUT2D eigenvalue weighted by molar-refractivity contribution is -0.122. The van der Waals surface area contributed by atoms with Crippen LogP contribution in [0.15, 0.2) is 97.1 Å². The number of fused-ring (bicyclic) bond motifs is 8. The first-order valence-corrected chi connectivity index (χ1v) is 32.8. The lowest BCUT2D eigenvalue weighted by Crippen LogP contribution is -2.37. The van der Waals surface area contributed by atoms with E-state index >= 15 is 0 Å². The molecular formula is C78H102N2O6. The van der Waals surface area contributed by atoms with E-state index in [2.05, 4.69) is 142 Å². The van der Waals surface area contributed by atoms with E-state index in [1.807, 2.05) is 48.5 Å². The zero-order chi connectivity index (χ0) is 61.6. The summed E-state index contributed by atoms with van der Waals surface area (Å²) in [7, 11) is 0. The van der Waals surface area contributed by atoms with Crippen LogP contribution in [0.25, 0.3) is 0 Å². The van der Waals surface area contributed by atoms with Gasteiger partial charge in [-0.2, -0.15) is 0 Å². The minimum absolute atomic E-state index is 0.0849. The zero-order valence-electron chi connectivity index (χ0n) is 54.5. The lowest BCUT2D eigenvalue weighted by atomic mass is 9.77. The molecule has 0 spiro atoms. The normalized spacial score (nSPS) is 15.5. The van der Waals surface area contributed by atoms with E-state index in [0.717, 1.165) is 96.2 Å². The van der Waals surface area contributed by atoms with Crippen molar-refractivity contribution < 1.29 is 29.3 Å². The van der Waals surface area contributed by atoms with Gasteiger partial charge in [-0.1, -0.05) is 194 Å². The molecule has 4 N–H and O–H groups in total. The number of amides is 2. The van der Waals surface area contributed by atoms with Crippen molar-refractivity contribution in [2.45, 2.75) is 245 Å². The van der Waals surface area contributed by atoms with Gasteiger partial charge in [0.15, 0.2) is 0 Å². The highest BCUT2D eigenvalue weighted by molar-refractivity contribution is 5.79. The summed E-state index contributed by atoms with van der Waals surface area (Å²) in [4.78, 5) is 25.9. The molecular weight excluding hydrogens is 1060 g/mol. The van der Waals surface area contributed by atoms with Crippen LogP contribution in [0.5, 0.6) is 23.0 Å². The Morgan fingerprint density at radius 1 is 0.407 bits per heavy atom. The van der Waals surface area contributed by atoms with Gasteiger partial charge in [0, 0.05) is 37.8 Å². The van der Waals surface area contributed by atoms with E-state index in [-0.39, 0.29) is 33.5 Å². The number of carbonyl (C=O) groups is 2. The smallest absolute Gasteiger partial charge is 0.224 e. The van der Waals surface area contributed by atoms with Crippen LogP contribution in [0.3, 0.4) is 0 Å². The highest BCUT2D eigenvalue weighted by Gasteiger charge is 2.29. The molecule has 6 aromatic carbocycles. The van der Waals surface area contributed by atoms with Gasteiger partial charge in [0.1, 0.15) is 23.0 Å². The number of ether oxygens (including phenoxy) is 2. The monoisotopic (exact) mass is 1160 g/mol. The molecule has 0 saturated heterocycles. The van der Waals surface area contributed by atoms with Crippen LogP contribution in [0.2, 0.25) is 0 Å². The summed E-state index contributed by atoms with van der Waals surface area (Å²) < 4.78 is 12.9. The van der Waals surface area contributed by atoms with E-state index < -0.39 is 0 Å². The van der Waals surface area contributed by atoms with E-state index in [1.165, 1.54) is 94.2 Å². The maximum Gasteiger partial charge on any atom is 0.224 e. The van der Waals surface area contributed by atoms with Gasteiger partial charge in [-0.05, 0) is 186 Å². The molecule has 0 radical (unpaired) electrons. The summed E-state index contributed by atoms with van der Waals surface area (Å²) in [5, 5.41) is 32.4. The van der Waals surface area contributed by atoms with Gasteiger partial charge < -0.3 is 30.3 Å². The van der Waals surface area contributed by atoms with Gasteiger partial charge in [-0.3, -0.25) is 9.59 Å². The van der Waals surface area contributed by atoms with Crippen molar-refractivity contribution in [1.29, 1.82) is 0 Å². The number of benzene rings is 6. The maximum atomic E-state index is 12.9. The number of nitrogens with one attached hydrogen (secondary N) is 2. The van der Waals surface area contributed by atoms with Crippen molar-refractivity contribution >= 4 is 11.8 Å². The van der Waals surface area contributed by atoms with Crippen LogP contribution in [-0.4, -0.2) is 47.3 Å². The molecule has 3 aliphatic rings. The Balaban J connectivity index is 1.06. The van der Waals surface area contributed by atoms with Crippen molar-refractivity contribution in [2.75, 3.05) is 13.2 Å². The molecule has 0 heterocycles.